The Bertz CT molecular complexity index is 761. The standard InChI is InChI=1S/C16H16N2O5/c1-22-12-3-2-10-6-11(8-17-13(10)7-12)15(19)18-4-5-23-9-14(18)16(20)21/h2-3,6-8,14H,4-5,9H2,1H3,(H,20,21). The third-order valence-corrected chi connectivity index (χ3v) is 3.81. The highest BCUT2D eigenvalue weighted by Crippen LogP contribution is 2.21. The van der Waals surface area contributed by atoms with Crippen molar-refractivity contribution in [1.29, 1.82) is 0 Å². The van der Waals surface area contributed by atoms with Gasteiger partial charge in [0.25, 0.3) is 5.91 Å². The van der Waals surface area contributed by atoms with Gasteiger partial charge in [-0.25, -0.2) is 4.79 Å². The number of ether oxygens (including phenoxy) is 2. The van der Waals surface area contributed by atoms with E-state index in [4.69, 9.17) is 9.47 Å². The number of hydrogen-bond donors (Lipinski definition) is 1. The van der Waals surface area contributed by atoms with Crippen LogP contribution in [0.3, 0.4) is 0 Å². The van der Waals surface area contributed by atoms with Crippen molar-refractivity contribution < 1.29 is 24.2 Å². The maximum Gasteiger partial charge on any atom is 0.328 e. The van der Waals surface area contributed by atoms with E-state index in [-0.39, 0.29) is 19.1 Å². The molecule has 1 N–H and O–H groups in total. The first-order valence-electron chi connectivity index (χ1n) is 7.15. The van der Waals surface area contributed by atoms with Crippen LogP contribution in [0, 0.1) is 0 Å². The van der Waals surface area contributed by atoms with Gasteiger partial charge in [-0.05, 0) is 18.2 Å². The lowest BCUT2D eigenvalue weighted by molar-refractivity contribution is -0.147. The molecule has 1 aliphatic rings. The molecular formula is C16H16N2O5. The quantitative estimate of drug-likeness (QED) is 0.914. The van der Waals surface area contributed by atoms with Gasteiger partial charge in [0.1, 0.15) is 5.75 Å². The highest BCUT2D eigenvalue weighted by atomic mass is 16.5. The molecule has 1 unspecified atom stereocenters. The molecule has 0 aliphatic carbocycles. The molecule has 2 aromatic rings. The average molecular weight is 316 g/mol. The van der Waals surface area contributed by atoms with Gasteiger partial charge in [-0.15, -0.1) is 0 Å². The van der Waals surface area contributed by atoms with Gasteiger partial charge in [0, 0.05) is 24.2 Å². The zero-order valence-corrected chi connectivity index (χ0v) is 12.6. The van der Waals surface area contributed by atoms with Crippen LogP contribution in [0.25, 0.3) is 10.9 Å². The van der Waals surface area contributed by atoms with Crippen molar-refractivity contribution in [1.82, 2.24) is 9.88 Å². The van der Waals surface area contributed by atoms with Gasteiger partial charge in [-0.3, -0.25) is 9.78 Å². The third kappa shape index (κ3) is 2.95. The number of carbonyl (C=O) groups excluding carboxylic acids is 1. The van der Waals surface area contributed by atoms with Gasteiger partial charge in [0.05, 0.1) is 31.4 Å². The van der Waals surface area contributed by atoms with E-state index >= 15 is 0 Å². The van der Waals surface area contributed by atoms with Crippen LogP contribution in [0.2, 0.25) is 0 Å². The summed E-state index contributed by atoms with van der Waals surface area (Å²) in [6.45, 7) is 0.573. The Morgan fingerprint density at radius 3 is 2.96 bits per heavy atom. The van der Waals surface area contributed by atoms with E-state index in [1.54, 1.807) is 25.3 Å². The molecule has 1 saturated heterocycles. The minimum Gasteiger partial charge on any atom is -0.497 e. The highest BCUT2D eigenvalue weighted by molar-refractivity contribution is 5.99. The number of morpholine rings is 1. The number of methoxy groups -OCH3 is 1. The SMILES string of the molecule is COc1ccc2cc(C(=O)N3CCOCC3C(=O)O)cnc2c1. The van der Waals surface area contributed by atoms with Gasteiger partial charge >= 0.3 is 5.97 Å². The Labute approximate surface area is 132 Å². The van der Waals surface area contributed by atoms with Gasteiger partial charge in [-0.1, -0.05) is 0 Å². The van der Waals surface area contributed by atoms with Crippen LogP contribution in [0.4, 0.5) is 0 Å². The largest absolute Gasteiger partial charge is 0.497 e. The molecule has 0 radical (unpaired) electrons. The highest BCUT2D eigenvalue weighted by Gasteiger charge is 2.33. The van der Waals surface area contributed by atoms with Crippen molar-refractivity contribution in [3.05, 3.63) is 36.0 Å². The van der Waals surface area contributed by atoms with Crippen molar-refractivity contribution in [3.63, 3.8) is 0 Å². The van der Waals surface area contributed by atoms with Crippen molar-refractivity contribution >= 4 is 22.8 Å². The number of carbonyl (C=O) groups is 2. The zero-order chi connectivity index (χ0) is 16.4. The Hall–Kier alpha value is -2.67. The Kier molecular flexibility index (Phi) is 4.12. The van der Waals surface area contributed by atoms with Crippen LogP contribution in [-0.2, 0) is 9.53 Å². The summed E-state index contributed by atoms with van der Waals surface area (Å²) in [7, 11) is 1.57. The van der Waals surface area contributed by atoms with Gasteiger partial charge in [0.2, 0.25) is 0 Å². The second-order valence-corrected chi connectivity index (χ2v) is 5.21. The number of aliphatic carboxylic acids is 1. The molecule has 1 aromatic heterocycles. The first kappa shape index (κ1) is 15.2. The molecule has 7 nitrogen and oxygen atoms in total. The maximum absolute atomic E-state index is 12.6. The summed E-state index contributed by atoms with van der Waals surface area (Å²) in [4.78, 5) is 29.5. The molecule has 0 bridgehead atoms. The first-order valence-corrected chi connectivity index (χ1v) is 7.15. The van der Waals surface area contributed by atoms with Crippen molar-refractivity contribution in [3.8, 4) is 5.75 Å². The van der Waals surface area contributed by atoms with E-state index in [0.29, 0.717) is 23.4 Å². The van der Waals surface area contributed by atoms with E-state index < -0.39 is 12.0 Å². The van der Waals surface area contributed by atoms with Crippen LogP contribution in [0.1, 0.15) is 10.4 Å². The molecule has 1 amide bonds. The molecule has 1 atom stereocenters. The molecule has 3 rings (SSSR count). The molecular weight excluding hydrogens is 300 g/mol. The van der Waals surface area contributed by atoms with Gasteiger partial charge < -0.3 is 19.5 Å². The molecule has 1 aromatic carbocycles. The normalized spacial score (nSPS) is 18.0. The third-order valence-electron chi connectivity index (χ3n) is 3.81. The lowest BCUT2D eigenvalue weighted by Gasteiger charge is -2.32. The van der Waals surface area contributed by atoms with E-state index in [1.165, 1.54) is 11.1 Å². The average Bonchev–Trinajstić information content (AvgIpc) is 2.60. The minimum absolute atomic E-state index is 0.000712. The van der Waals surface area contributed by atoms with Crippen LogP contribution in [-0.4, -0.2) is 59.8 Å². The molecule has 0 spiro atoms. The summed E-state index contributed by atoms with van der Waals surface area (Å²) < 4.78 is 10.3. The summed E-state index contributed by atoms with van der Waals surface area (Å²) in [5.41, 5.74) is 1.06. The van der Waals surface area contributed by atoms with Crippen LogP contribution < -0.4 is 4.74 Å². The molecule has 2 heterocycles. The predicted molar refractivity (Wildman–Crippen MR) is 81.6 cm³/mol. The first-order chi connectivity index (χ1) is 11.1. The fourth-order valence-corrected chi connectivity index (χ4v) is 2.56. The summed E-state index contributed by atoms with van der Waals surface area (Å²) in [6.07, 6.45) is 1.46. The van der Waals surface area contributed by atoms with E-state index in [2.05, 4.69) is 4.98 Å². The van der Waals surface area contributed by atoms with Crippen molar-refractivity contribution in [2.75, 3.05) is 26.9 Å². The van der Waals surface area contributed by atoms with Crippen molar-refractivity contribution in [2.24, 2.45) is 0 Å². The number of fused-ring (bicyclic) bond motifs is 1. The number of carboxylic acid groups (broad SMARTS) is 1. The summed E-state index contributed by atoms with van der Waals surface area (Å²) in [5, 5.41) is 10.0. The van der Waals surface area contributed by atoms with E-state index in [0.717, 1.165) is 5.39 Å². The second kappa shape index (κ2) is 6.21. The maximum atomic E-state index is 12.6. The number of hydrogen-bond acceptors (Lipinski definition) is 5. The number of carboxylic acids is 1. The van der Waals surface area contributed by atoms with Crippen molar-refractivity contribution in [2.45, 2.75) is 6.04 Å². The summed E-state index contributed by atoms with van der Waals surface area (Å²) in [6, 6.07) is 6.11. The Balaban J connectivity index is 1.92. The number of aromatic nitrogens is 1. The van der Waals surface area contributed by atoms with E-state index in [1.807, 2.05) is 6.07 Å². The number of pyridine rings is 1. The van der Waals surface area contributed by atoms with Gasteiger partial charge in [-0.2, -0.15) is 0 Å². The number of benzene rings is 1. The molecule has 23 heavy (non-hydrogen) atoms. The monoisotopic (exact) mass is 316 g/mol. The number of amides is 1. The number of rotatable bonds is 3. The Morgan fingerprint density at radius 2 is 2.22 bits per heavy atom. The second-order valence-electron chi connectivity index (χ2n) is 5.21. The zero-order valence-electron chi connectivity index (χ0n) is 12.6. The molecule has 0 saturated carbocycles. The fourth-order valence-electron chi connectivity index (χ4n) is 2.56. The Morgan fingerprint density at radius 1 is 1.39 bits per heavy atom. The van der Waals surface area contributed by atoms with Gasteiger partial charge in [0.15, 0.2) is 6.04 Å². The smallest absolute Gasteiger partial charge is 0.328 e. The minimum atomic E-state index is -1.07. The van der Waals surface area contributed by atoms with E-state index in [9.17, 15) is 14.7 Å². The summed E-state index contributed by atoms with van der Waals surface area (Å²) in [5.74, 6) is -0.745. The fraction of sp³-hybridized carbons (Fsp3) is 0.312. The molecule has 120 valence electrons. The number of nitrogens with zero attached hydrogens (tertiary/aromatic N) is 2. The van der Waals surface area contributed by atoms with Crippen LogP contribution >= 0.6 is 0 Å². The lowest BCUT2D eigenvalue weighted by atomic mass is 10.1. The molecule has 1 aliphatic heterocycles. The molecule has 7 heteroatoms. The van der Waals surface area contributed by atoms with Crippen LogP contribution in [0.5, 0.6) is 5.75 Å². The lowest BCUT2D eigenvalue weighted by Crippen LogP contribution is -2.52. The molecule has 1 fully saturated rings. The predicted octanol–water partition coefficient (Wildman–Crippen LogP) is 1.17. The summed E-state index contributed by atoms with van der Waals surface area (Å²) >= 11 is 0. The topological polar surface area (TPSA) is 89.0 Å². The van der Waals surface area contributed by atoms with Crippen LogP contribution in [0.15, 0.2) is 30.5 Å².